The van der Waals surface area contributed by atoms with Gasteiger partial charge in [0.2, 0.25) is 5.88 Å². The van der Waals surface area contributed by atoms with Crippen molar-refractivity contribution in [3.8, 4) is 5.88 Å². The third-order valence-electron chi connectivity index (χ3n) is 2.72. The summed E-state index contributed by atoms with van der Waals surface area (Å²) in [4.78, 5) is 4.54. The van der Waals surface area contributed by atoms with Gasteiger partial charge in [0.25, 0.3) is 0 Å². The van der Waals surface area contributed by atoms with E-state index in [1.165, 1.54) is 0 Å². The molecule has 0 saturated carbocycles. The van der Waals surface area contributed by atoms with Crippen molar-refractivity contribution < 1.29 is 4.74 Å². The monoisotopic (exact) mass is 241 g/mol. The first-order chi connectivity index (χ1) is 8.55. The first-order valence-electron chi connectivity index (χ1n) is 6.20. The van der Waals surface area contributed by atoms with Crippen LogP contribution in [0.25, 0.3) is 0 Å². The Morgan fingerprint density at radius 1 is 0.944 bits per heavy atom. The van der Waals surface area contributed by atoms with Crippen molar-refractivity contribution in [1.29, 1.82) is 0 Å². The normalized spacial score (nSPS) is 11.3. The van der Waals surface area contributed by atoms with Crippen LogP contribution >= 0.6 is 0 Å². The summed E-state index contributed by atoms with van der Waals surface area (Å²) in [5.74, 6) is 0.686. The number of benzene rings is 1. The molecule has 0 spiro atoms. The lowest BCUT2D eigenvalue weighted by Gasteiger charge is -2.18. The molecule has 2 heteroatoms. The van der Waals surface area contributed by atoms with Crippen molar-refractivity contribution in [2.45, 2.75) is 32.8 Å². The third-order valence-corrected chi connectivity index (χ3v) is 2.72. The van der Waals surface area contributed by atoms with E-state index in [1.54, 1.807) is 0 Å². The number of rotatable bonds is 3. The van der Waals surface area contributed by atoms with Gasteiger partial charge in [-0.2, -0.15) is 0 Å². The molecule has 1 aromatic carbocycles. The minimum Gasteiger partial charge on any atom is -0.473 e. The Morgan fingerprint density at radius 3 is 2.33 bits per heavy atom. The maximum Gasteiger partial charge on any atom is 0.213 e. The lowest BCUT2D eigenvalue weighted by molar-refractivity contribution is 0.291. The average Bonchev–Trinajstić information content (AvgIpc) is 2.37. The molecule has 0 bridgehead atoms. The molecular formula is C16H19NO. The van der Waals surface area contributed by atoms with Gasteiger partial charge in [0.1, 0.15) is 6.61 Å². The molecule has 0 amide bonds. The Morgan fingerprint density at radius 2 is 1.67 bits per heavy atom. The van der Waals surface area contributed by atoms with Gasteiger partial charge in [-0.15, -0.1) is 0 Å². The quantitative estimate of drug-likeness (QED) is 0.811. The van der Waals surface area contributed by atoms with Crippen molar-refractivity contribution in [2.24, 2.45) is 0 Å². The Balaban J connectivity index is 2.06. The predicted octanol–water partition coefficient (Wildman–Crippen LogP) is 3.96. The summed E-state index contributed by atoms with van der Waals surface area (Å²) < 4.78 is 5.72. The zero-order valence-electron chi connectivity index (χ0n) is 11.2. The molecule has 0 unspecified atom stereocenters. The number of hydrogen-bond donors (Lipinski definition) is 0. The number of aromatic nitrogens is 1. The zero-order valence-corrected chi connectivity index (χ0v) is 11.2. The topological polar surface area (TPSA) is 22.1 Å². The molecule has 0 aliphatic heterocycles. The molecule has 0 atom stereocenters. The van der Waals surface area contributed by atoms with Gasteiger partial charge in [0.05, 0.1) is 0 Å². The molecule has 0 aliphatic rings. The number of pyridine rings is 1. The SMILES string of the molecule is CC(C)(C)c1cccc(OCc2ccccc2)n1. The summed E-state index contributed by atoms with van der Waals surface area (Å²) >= 11 is 0. The van der Waals surface area contributed by atoms with E-state index in [-0.39, 0.29) is 5.41 Å². The van der Waals surface area contributed by atoms with Crippen LogP contribution in [-0.4, -0.2) is 4.98 Å². The summed E-state index contributed by atoms with van der Waals surface area (Å²) in [5.41, 5.74) is 2.25. The van der Waals surface area contributed by atoms with Crippen LogP contribution in [0.4, 0.5) is 0 Å². The predicted molar refractivity (Wildman–Crippen MR) is 73.7 cm³/mol. The van der Waals surface area contributed by atoms with Gasteiger partial charge in [0, 0.05) is 17.2 Å². The second-order valence-corrected chi connectivity index (χ2v) is 5.39. The molecule has 0 fully saturated rings. The van der Waals surface area contributed by atoms with E-state index < -0.39 is 0 Å². The van der Waals surface area contributed by atoms with Gasteiger partial charge in [-0.1, -0.05) is 57.2 Å². The molecule has 94 valence electrons. The molecule has 1 aromatic heterocycles. The Labute approximate surface area is 109 Å². The largest absolute Gasteiger partial charge is 0.473 e. The second kappa shape index (κ2) is 5.21. The summed E-state index contributed by atoms with van der Waals surface area (Å²) in [6.45, 7) is 7.00. The Kier molecular flexibility index (Phi) is 3.66. The highest BCUT2D eigenvalue weighted by Gasteiger charge is 2.15. The maximum absolute atomic E-state index is 5.72. The maximum atomic E-state index is 5.72. The van der Waals surface area contributed by atoms with Gasteiger partial charge in [-0.25, -0.2) is 4.98 Å². The first kappa shape index (κ1) is 12.6. The molecule has 0 saturated heterocycles. The van der Waals surface area contributed by atoms with Crippen molar-refractivity contribution in [2.75, 3.05) is 0 Å². The molecule has 18 heavy (non-hydrogen) atoms. The summed E-state index contributed by atoms with van der Waals surface area (Å²) in [6, 6.07) is 16.1. The lowest BCUT2D eigenvalue weighted by atomic mass is 9.92. The number of nitrogens with zero attached hydrogens (tertiary/aromatic N) is 1. The Hall–Kier alpha value is -1.83. The molecular weight excluding hydrogens is 222 g/mol. The van der Waals surface area contributed by atoms with Crippen LogP contribution in [0.15, 0.2) is 48.5 Å². The summed E-state index contributed by atoms with van der Waals surface area (Å²) in [6.07, 6.45) is 0. The number of ether oxygens (including phenoxy) is 1. The van der Waals surface area contributed by atoms with E-state index in [4.69, 9.17) is 4.74 Å². The molecule has 0 N–H and O–H groups in total. The third kappa shape index (κ3) is 3.33. The summed E-state index contributed by atoms with van der Waals surface area (Å²) in [5, 5.41) is 0. The highest BCUT2D eigenvalue weighted by Crippen LogP contribution is 2.22. The van der Waals surface area contributed by atoms with Crippen LogP contribution in [0.3, 0.4) is 0 Å². The molecule has 0 aliphatic carbocycles. The number of hydrogen-bond acceptors (Lipinski definition) is 2. The minimum atomic E-state index is 0.0477. The van der Waals surface area contributed by atoms with Gasteiger partial charge >= 0.3 is 0 Å². The molecule has 2 rings (SSSR count). The van der Waals surface area contributed by atoms with Crippen molar-refractivity contribution >= 4 is 0 Å². The molecule has 0 radical (unpaired) electrons. The van der Waals surface area contributed by atoms with Crippen LogP contribution in [0.1, 0.15) is 32.0 Å². The first-order valence-corrected chi connectivity index (χ1v) is 6.20. The fourth-order valence-electron chi connectivity index (χ4n) is 1.64. The van der Waals surface area contributed by atoms with E-state index in [1.807, 2.05) is 48.5 Å². The van der Waals surface area contributed by atoms with Crippen LogP contribution in [0.5, 0.6) is 5.88 Å². The van der Waals surface area contributed by atoms with Crippen molar-refractivity contribution in [3.63, 3.8) is 0 Å². The average molecular weight is 241 g/mol. The smallest absolute Gasteiger partial charge is 0.213 e. The van der Waals surface area contributed by atoms with E-state index in [2.05, 4.69) is 25.8 Å². The van der Waals surface area contributed by atoms with Crippen LogP contribution in [0.2, 0.25) is 0 Å². The molecule has 2 aromatic rings. The Bertz CT molecular complexity index is 500. The fourth-order valence-corrected chi connectivity index (χ4v) is 1.64. The lowest BCUT2D eigenvalue weighted by Crippen LogP contribution is -2.13. The standard InChI is InChI=1S/C16H19NO/c1-16(2,3)14-10-7-11-15(17-14)18-12-13-8-5-4-6-9-13/h4-11H,12H2,1-3H3. The van der Waals surface area contributed by atoms with E-state index >= 15 is 0 Å². The van der Waals surface area contributed by atoms with Gasteiger partial charge in [-0.3, -0.25) is 0 Å². The van der Waals surface area contributed by atoms with E-state index in [0.29, 0.717) is 12.5 Å². The summed E-state index contributed by atoms with van der Waals surface area (Å²) in [7, 11) is 0. The van der Waals surface area contributed by atoms with Gasteiger partial charge in [-0.05, 0) is 11.6 Å². The second-order valence-electron chi connectivity index (χ2n) is 5.39. The van der Waals surface area contributed by atoms with Crippen molar-refractivity contribution in [3.05, 3.63) is 59.8 Å². The van der Waals surface area contributed by atoms with Gasteiger partial charge < -0.3 is 4.74 Å². The van der Waals surface area contributed by atoms with Gasteiger partial charge in [0.15, 0.2) is 0 Å². The van der Waals surface area contributed by atoms with E-state index in [0.717, 1.165) is 11.3 Å². The van der Waals surface area contributed by atoms with Crippen molar-refractivity contribution in [1.82, 2.24) is 4.98 Å². The van der Waals surface area contributed by atoms with Crippen LogP contribution in [0, 0.1) is 0 Å². The highest BCUT2D eigenvalue weighted by molar-refractivity contribution is 5.21. The molecule has 1 heterocycles. The van der Waals surface area contributed by atoms with E-state index in [9.17, 15) is 0 Å². The minimum absolute atomic E-state index is 0.0477. The van der Waals surface area contributed by atoms with Crippen LogP contribution < -0.4 is 4.74 Å². The van der Waals surface area contributed by atoms with Crippen LogP contribution in [-0.2, 0) is 12.0 Å². The highest BCUT2D eigenvalue weighted by atomic mass is 16.5. The molecule has 2 nitrogen and oxygen atoms in total. The zero-order chi connectivity index (χ0) is 13.0. The fraction of sp³-hybridized carbons (Fsp3) is 0.312.